The van der Waals surface area contributed by atoms with E-state index in [9.17, 15) is 13.6 Å². The third-order valence-corrected chi connectivity index (χ3v) is 6.32. The zero-order chi connectivity index (χ0) is 25.4. The lowest BCUT2D eigenvalue weighted by Gasteiger charge is -2.36. The molecule has 4 aromatic rings. The average molecular weight is 499 g/mol. The van der Waals surface area contributed by atoms with Crippen molar-refractivity contribution in [3.05, 3.63) is 59.9 Å². The van der Waals surface area contributed by atoms with Crippen LogP contribution in [0.1, 0.15) is 17.9 Å². The van der Waals surface area contributed by atoms with Gasteiger partial charge in [0.1, 0.15) is 5.82 Å². The van der Waals surface area contributed by atoms with E-state index in [1.807, 2.05) is 32.3 Å². The van der Waals surface area contributed by atoms with E-state index in [0.29, 0.717) is 18.8 Å². The summed E-state index contributed by atoms with van der Waals surface area (Å²) in [6, 6.07) is 9.45. The van der Waals surface area contributed by atoms with Crippen LogP contribution in [0.25, 0.3) is 22.4 Å². The SMILES string of the molecule is CN1CCN(C(=O)N(Cc2ccc(-c3nnc(C(F)F)o3)cc2F)c2cccc3c2cnn3C)CC1. The van der Waals surface area contributed by atoms with Gasteiger partial charge < -0.3 is 14.2 Å². The molecule has 5 rings (SSSR count). The van der Waals surface area contributed by atoms with Crippen molar-refractivity contribution in [3.63, 3.8) is 0 Å². The molecule has 2 aromatic heterocycles. The monoisotopic (exact) mass is 499 g/mol. The Morgan fingerprint density at radius 2 is 1.89 bits per heavy atom. The number of halogens is 3. The second kappa shape index (κ2) is 9.61. The molecule has 2 amide bonds. The molecule has 1 fully saturated rings. The highest BCUT2D eigenvalue weighted by atomic mass is 19.3. The lowest BCUT2D eigenvalue weighted by molar-refractivity contribution is 0.116. The summed E-state index contributed by atoms with van der Waals surface area (Å²) in [6.07, 6.45) is -1.23. The second-order valence-electron chi connectivity index (χ2n) is 8.69. The zero-order valence-electron chi connectivity index (χ0n) is 19.7. The number of piperazine rings is 1. The van der Waals surface area contributed by atoms with Crippen LogP contribution in [0, 0.1) is 5.82 Å². The van der Waals surface area contributed by atoms with E-state index in [0.717, 1.165) is 30.1 Å². The molecule has 0 spiro atoms. The summed E-state index contributed by atoms with van der Waals surface area (Å²) in [5.74, 6) is -1.66. The lowest BCUT2D eigenvalue weighted by atomic mass is 10.1. The summed E-state index contributed by atoms with van der Waals surface area (Å²) in [6.45, 7) is 2.55. The van der Waals surface area contributed by atoms with Crippen LogP contribution in [0.4, 0.5) is 23.7 Å². The Bertz CT molecular complexity index is 1400. The molecule has 1 aliphatic heterocycles. The number of rotatable bonds is 5. The molecule has 1 aliphatic rings. The normalized spacial score (nSPS) is 14.7. The zero-order valence-corrected chi connectivity index (χ0v) is 19.7. The molecular weight excluding hydrogens is 475 g/mol. The Kier molecular flexibility index (Phi) is 6.35. The largest absolute Gasteiger partial charge is 0.415 e. The summed E-state index contributed by atoms with van der Waals surface area (Å²) < 4.78 is 47.5. The third kappa shape index (κ3) is 4.51. The number of hydrogen-bond acceptors (Lipinski definition) is 6. The first-order valence-electron chi connectivity index (χ1n) is 11.4. The van der Waals surface area contributed by atoms with Gasteiger partial charge >= 0.3 is 12.5 Å². The number of nitrogens with zero attached hydrogens (tertiary/aromatic N) is 7. The number of carbonyl (C=O) groups is 1. The van der Waals surface area contributed by atoms with Gasteiger partial charge in [0, 0.05) is 49.7 Å². The van der Waals surface area contributed by atoms with Crippen molar-refractivity contribution in [3.8, 4) is 11.5 Å². The van der Waals surface area contributed by atoms with Gasteiger partial charge in [0.25, 0.3) is 5.89 Å². The number of fused-ring (bicyclic) bond motifs is 1. The smallest absolute Gasteiger partial charge is 0.324 e. The van der Waals surface area contributed by atoms with Crippen LogP contribution in [0.3, 0.4) is 0 Å². The molecule has 0 unspecified atom stereocenters. The molecule has 3 heterocycles. The van der Waals surface area contributed by atoms with Crippen molar-refractivity contribution >= 4 is 22.6 Å². The molecule has 9 nitrogen and oxygen atoms in total. The molecule has 0 atom stereocenters. The fourth-order valence-electron chi connectivity index (χ4n) is 4.24. The summed E-state index contributed by atoms with van der Waals surface area (Å²) in [5, 5.41) is 11.9. The van der Waals surface area contributed by atoms with Crippen molar-refractivity contribution in [2.45, 2.75) is 13.0 Å². The summed E-state index contributed by atoms with van der Waals surface area (Å²) in [7, 11) is 3.81. The number of anilines is 1. The average Bonchev–Trinajstić information content (AvgIpc) is 3.51. The first-order valence-corrected chi connectivity index (χ1v) is 11.4. The summed E-state index contributed by atoms with van der Waals surface area (Å²) in [4.78, 5) is 19.2. The van der Waals surface area contributed by atoms with Crippen LogP contribution in [0.5, 0.6) is 0 Å². The van der Waals surface area contributed by atoms with Crippen molar-refractivity contribution in [2.75, 3.05) is 38.1 Å². The van der Waals surface area contributed by atoms with Crippen LogP contribution in [0.15, 0.2) is 47.0 Å². The molecule has 2 aromatic carbocycles. The molecule has 0 aliphatic carbocycles. The Labute approximate surface area is 204 Å². The van der Waals surface area contributed by atoms with Crippen molar-refractivity contribution < 1.29 is 22.4 Å². The van der Waals surface area contributed by atoms with Gasteiger partial charge in [0.05, 0.1) is 23.9 Å². The van der Waals surface area contributed by atoms with Gasteiger partial charge in [-0.2, -0.15) is 13.9 Å². The first-order chi connectivity index (χ1) is 17.3. The molecule has 0 bridgehead atoms. The van der Waals surface area contributed by atoms with Gasteiger partial charge in [-0.25, -0.2) is 9.18 Å². The molecule has 188 valence electrons. The maximum atomic E-state index is 15.2. The van der Waals surface area contributed by atoms with Gasteiger partial charge in [0.15, 0.2) is 0 Å². The predicted octanol–water partition coefficient (Wildman–Crippen LogP) is 4.07. The minimum absolute atomic E-state index is 0.0442. The fourth-order valence-corrected chi connectivity index (χ4v) is 4.24. The van der Waals surface area contributed by atoms with E-state index < -0.39 is 18.1 Å². The molecular formula is C24H24F3N7O2. The predicted molar refractivity (Wildman–Crippen MR) is 126 cm³/mol. The number of carbonyl (C=O) groups excluding carboxylic acids is 1. The van der Waals surface area contributed by atoms with E-state index in [1.165, 1.54) is 12.1 Å². The molecule has 0 saturated carbocycles. The van der Waals surface area contributed by atoms with E-state index in [2.05, 4.69) is 20.2 Å². The maximum Gasteiger partial charge on any atom is 0.324 e. The number of amides is 2. The minimum Gasteiger partial charge on any atom is -0.415 e. The van der Waals surface area contributed by atoms with Crippen LogP contribution < -0.4 is 4.90 Å². The molecule has 12 heteroatoms. The van der Waals surface area contributed by atoms with Crippen LogP contribution in [-0.4, -0.2) is 69.0 Å². The standard InChI is InChI=1S/C24H24F3N7O2/c1-31-8-10-33(11-9-31)24(35)34(20-5-3-4-19-17(20)13-28-32(19)2)14-16-7-6-15(12-18(16)25)22-29-30-23(36-22)21(26)27/h3-7,12-13,21H,8-11,14H2,1-2H3. The van der Waals surface area contributed by atoms with Crippen molar-refractivity contribution in [1.82, 2.24) is 29.8 Å². The Balaban J connectivity index is 1.49. The maximum absolute atomic E-state index is 15.2. The van der Waals surface area contributed by atoms with Crippen LogP contribution in [0.2, 0.25) is 0 Å². The highest BCUT2D eigenvalue weighted by Gasteiger charge is 2.28. The van der Waals surface area contributed by atoms with Gasteiger partial charge in [-0.3, -0.25) is 9.58 Å². The number of aromatic nitrogens is 4. The van der Waals surface area contributed by atoms with E-state index in [-0.39, 0.29) is 29.6 Å². The van der Waals surface area contributed by atoms with Crippen LogP contribution in [-0.2, 0) is 13.6 Å². The van der Waals surface area contributed by atoms with E-state index in [4.69, 9.17) is 4.42 Å². The first kappa shape index (κ1) is 23.8. The summed E-state index contributed by atoms with van der Waals surface area (Å²) in [5.41, 5.74) is 1.87. The Morgan fingerprint density at radius 1 is 1.11 bits per heavy atom. The second-order valence-corrected chi connectivity index (χ2v) is 8.69. The molecule has 36 heavy (non-hydrogen) atoms. The number of alkyl halides is 2. The molecule has 1 saturated heterocycles. The number of aryl methyl sites for hydroxylation is 1. The molecule has 0 N–H and O–H groups in total. The fraction of sp³-hybridized carbons (Fsp3) is 0.333. The van der Waals surface area contributed by atoms with Gasteiger partial charge in [-0.1, -0.05) is 12.1 Å². The Morgan fingerprint density at radius 3 is 2.58 bits per heavy atom. The highest BCUT2D eigenvalue weighted by Crippen LogP contribution is 2.31. The van der Waals surface area contributed by atoms with Gasteiger partial charge in [-0.15, -0.1) is 10.2 Å². The molecule has 0 radical (unpaired) electrons. The van der Waals surface area contributed by atoms with Gasteiger partial charge in [-0.05, 0) is 31.3 Å². The van der Waals surface area contributed by atoms with Crippen LogP contribution >= 0.6 is 0 Å². The van der Waals surface area contributed by atoms with Gasteiger partial charge in [0.2, 0.25) is 5.89 Å². The van der Waals surface area contributed by atoms with E-state index >= 15 is 4.39 Å². The third-order valence-electron chi connectivity index (χ3n) is 6.32. The minimum atomic E-state index is -2.92. The summed E-state index contributed by atoms with van der Waals surface area (Å²) >= 11 is 0. The highest BCUT2D eigenvalue weighted by molar-refractivity contribution is 6.02. The number of hydrogen-bond donors (Lipinski definition) is 0. The number of likely N-dealkylation sites (N-methyl/N-ethyl adjacent to an activating group) is 1. The van der Waals surface area contributed by atoms with E-state index in [1.54, 1.807) is 20.7 Å². The number of urea groups is 1. The topological polar surface area (TPSA) is 83.5 Å². The quantitative estimate of drug-likeness (QED) is 0.412. The van der Waals surface area contributed by atoms with Crippen molar-refractivity contribution in [1.29, 1.82) is 0 Å². The number of benzene rings is 2. The lowest BCUT2D eigenvalue weighted by Crippen LogP contribution is -2.52. The Hall–Kier alpha value is -3.93. The van der Waals surface area contributed by atoms with Crippen molar-refractivity contribution in [2.24, 2.45) is 7.05 Å².